The molecule has 0 saturated carbocycles. The second-order valence-corrected chi connectivity index (χ2v) is 5.23. The SMILES string of the molecule is CCc1nncn1CCNC(=NC)NCc1nc(-c2ccco2)n[nH]1.I. The zero-order chi connectivity index (χ0) is 17.5. The van der Waals surface area contributed by atoms with Gasteiger partial charge >= 0.3 is 0 Å². The number of aromatic amines is 1. The van der Waals surface area contributed by atoms with E-state index in [1.807, 2.05) is 10.6 Å². The summed E-state index contributed by atoms with van der Waals surface area (Å²) in [6.45, 7) is 4.00. The standard InChI is InChI=1S/C15H21N9O.HI/c1-3-13-22-19-10-24(13)7-6-17-15(16-2)18-9-12-20-14(23-21-12)11-5-4-8-25-11;/h4-5,8,10H,3,6-7,9H2,1-2H3,(H2,16,17,18)(H,20,21,23);1H. The second kappa shape index (κ2) is 9.89. The lowest BCUT2D eigenvalue weighted by Gasteiger charge is -2.11. The minimum atomic E-state index is 0. The van der Waals surface area contributed by atoms with Crippen LogP contribution in [0, 0.1) is 0 Å². The predicted molar refractivity (Wildman–Crippen MR) is 107 cm³/mol. The topological polar surface area (TPSA) is 122 Å². The fourth-order valence-corrected chi connectivity index (χ4v) is 2.31. The van der Waals surface area contributed by atoms with Crippen molar-refractivity contribution in [2.24, 2.45) is 4.99 Å². The Bertz CT molecular complexity index is 809. The normalized spacial score (nSPS) is 11.2. The van der Waals surface area contributed by atoms with Gasteiger partial charge in [-0.1, -0.05) is 6.92 Å². The van der Waals surface area contributed by atoms with Crippen LogP contribution < -0.4 is 10.6 Å². The summed E-state index contributed by atoms with van der Waals surface area (Å²) in [5.41, 5.74) is 0. The molecule has 0 bridgehead atoms. The molecule has 0 aliphatic rings. The average molecular weight is 471 g/mol. The Kier molecular flexibility index (Phi) is 7.56. The zero-order valence-electron chi connectivity index (χ0n) is 14.6. The molecule has 10 nitrogen and oxygen atoms in total. The van der Waals surface area contributed by atoms with E-state index in [2.05, 4.69) is 47.9 Å². The van der Waals surface area contributed by atoms with Crippen LogP contribution in [0.4, 0.5) is 0 Å². The van der Waals surface area contributed by atoms with E-state index in [9.17, 15) is 0 Å². The number of aromatic nitrogens is 6. The Morgan fingerprint density at radius 2 is 2.27 bits per heavy atom. The number of furan rings is 1. The fourth-order valence-electron chi connectivity index (χ4n) is 2.31. The fraction of sp³-hybridized carbons (Fsp3) is 0.400. The van der Waals surface area contributed by atoms with Gasteiger partial charge in [0.1, 0.15) is 18.0 Å². The van der Waals surface area contributed by atoms with Gasteiger partial charge in [0.2, 0.25) is 5.82 Å². The third kappa shape index (κ3) is 5.03. The van der Waals surface area contributed by atoms with Gasteiger partial charge in [-0.15, -0.1) is 39.3 Å². The van der Waals surface area contributed by atoms with E-state index < -0.39 is 0 Å². The molecule has 3 aromatic heterocycles. The summed E-state index contributed by atoms with van der Waals surface area (Å²) < 4.78 is 7.29. The first kappa shape index (κ1) is 19.9. The third-order valence-corrected chi connectivity index (χ3v) is 3.58. The Labute approximate surface area is 167 Å². The molecule has 0 aliphatic heterocycles. The average Bonchev–Trinajstić information content (AvgIpc) is 3.38. The lowest BCUT2D eigenvalue weighted by molar-refractivity contribution is 0.577. The third-order valence-electron chi connectivity index (χ3n) is 3.58. The number of nitrogens with zero attached hydrogens (tertiary/aromatic N) is 6. The number of H-pyrrole nitrogens is 1. The van der Waals surface area contributed by atoms with Crippen LogP contribution >= 0.6 is 24.0 Å². The number of aliphatic imine (C=N–C) groups is 1. The molecule has 0 unspecified atom stereocenters. The van der Waals surface area contributed by atoms with Crippen LogP contribution in [-0.2, 0) is 19.5 Å². The maximum Gasteiger partial charge on any atom is 0.216 e. The monoisotopic (exact) mass is 471 g/mol. The quantitative estimate of drug-likeness (QED) is 0.269. The van der Waals surface area contributed by atoms with E-state index in [4.69, 9.17) is 4.42 Å². The highest BCUT2D eigenvalue weighted by atomic mass is 127. The molecule has 0 aliphatic carbocycles. The zero-order valence-corrected chi connectivity index (χ0v) is 17.0. The van der Waals surface area contributed by atoms with E-state index in [0.717, 1.165) is 18.8 Å². The van der Waals surface area contributed by atoms with E-state index >= 15 is 0 Å². The highest BCUT2D eigenvalue weighted by Gasteiger charge is 2.08. The maximum atomic E-state index is 5.27. The second-order valence-electron chi connectivity index (χ2n) is 5.23. The molecule has 3 aromatic rings. The Morgan fingerprint density at radius 3 is 3.00 bits per heavy atom. The van der Waals surface area contributed by atoms with Gasteiger partial charge < -0.3 is 19.6 Å². The largest absolute Gasteiger partial charge is 0.461 e. The minimum Gasteiger partial charge on any atom is -0.461 e. The van der Waals surface area contributed by atoms with Crippen molar-refractivity contribution >= 4 is 29.9 Å². The molecule has 0 amide bonds. The summed E-state index contributed by atoms with van der Waals surface area (Å²) in [4.78, 5) is 8.57. The Hall–Kier alpha value is -2.44. The summed E-state index contributed by atoms with van der Waals surface area (Å²) in [6, 6.07) is 3.62. The number of hydrogen-bond acceptors (Lipinski definition) is 6. The molecular formula is C15H22IN9O. The molecule has 0 radical (unpaired) electrons. The molecule has 3 heterocycles. The Balaban J connectivity index is 0.00000243. The van der Waals surface area contributed by atoms with Gasteiger partial charge in [0, 0.05) is 26.6 Å². The molecule has 0 fully saturated rings. The van der Waals surface area contributed by atoms with Gasteiger partial charge in [-0.25, -0.2) is 4.98 Å². The summed E-state index contributed by atoms with van der Waals surface area (Å²) in [5.74, 6) is 3.51. The molecule has 26 heavy (non-hydrogen) atoms. The highest BCUT2D eigenvalue weighted by Crippen LogP contribution is 2.14. The molecule has 0 saturated heterocycles. The number of hydrogen-bond donors (Lipinski definition) is 3. The van der Waals surface area contributed by atoms with Gasteiger partial charge in [-0.05, 0) is 12.1 Å². The minimum absolute atomic E-state index is 0. The van der Waals surface area contributed by atoms with E-state index in [1.165, 1.54) is 0 Å². The van der Waals surface area contributed by atoms with Crippen molar-refractivity contribution in [1.29, 1.82) is 0 Å². The number of aryl methyl sites for hydroxylation is 1. The van der Waals surface area contributed by atoms with Gasteiger partial charge in [0.05, 0.1) is 12.8 Å². The van der Waals surface area contributed by atoms with Gasteiger partial charge in [-0.2, -0.15) is 0 Å². The van der Waals surface area contributed by atoms with Gasteiger partial charge in [0.15, 0.2) is 11.7 Å². The van der Waals surface area contributed by atoms with Crippen LogP contribution in [0.2, 0.25) is 0 Å². The summed E-state index contributed by atoms with van der Waals surface area (Å²) in [5, 5.41) is 21.4. The summed E-state index contributed by atoms with van der Waals surface area (Å²) in [7, 11) is 1.72. The van der Waals surface area contributed by atoms with Crippen LogP contribution in [0.1, 0.15) is 18.6 Å². The molecule has 11 heteroatoms. The smallest absolute Gasteiger partial charge is 0.216 e. The lowest BCUT2D eigenvalue weighted by Crippen LogP contribution is -2.38. The predicted octanol–water partition coefficient (Wildman–Crippen LogP) is 1.20. The number of rotatable bonds is 7. The van der Waals surface area contributed by atoms with Crippen LogP contribution in [-0.4, -0.2) is 49.5 Å². The number of nitrogens with one attached hydrogen (secondary N) is 3. The van der Waals surface area contributed by atoms with Crippen molar-refractivity contribution in [2.45, 2.75) is 26.4 Å². The molecule has 3 rings (SSSR count). The van der Waals surface area contributed by atoms with E-state index in [0.29, 0.717) is 36.5 Å². The van der Waals surface area contributed by atoms with Crippen molar-refractivity contribution in [3.63, 3.8) is 0 Å². The number of guanidine groups is 1. The van der Waals surface area contributed by atoms with E-state index in [-0.39, 0.29) is 24.0 Å². The van der Waals surface area contributed by atoms with Gasteiger partial charge in [0.25, 0.3) is 0 Å². The highest BCUT2D eigenvalue weighted by molar-refractivity contribution is 14.0. The van der Waals surface area contributed by atoms with Crippen LogP contribution in [0.3, 0.4) is 0 Å². The molecule has 140 valence electrons. The summed E-state index contributed by atoms with van der Waals surface area (Å²) in [6.07, 6.45) is 4.19. The molecule has 3 N–H and O–H groups in total. The van der Waals surface area contributed by atoms with Crippen molar-refractivity contribution < 1.29 is 4.42 Å². The molecular weight excluding hydrogens is 449 g/mol. The molecule has 0 spiro atoms. The Morgan fingerprint density at radius 1 is 1.38 bits per heavy atom. The molecule has 0 aromatic carbocycles. The van der Waals surface area contributed by atoms with Crippen molar-refractivity contribution in [3.8, 4) is 11.6 Å². The van der Waals surface area contributed by atoms with Crippen LogP contribution in [0.25, 0.3) is 11.6 Å². The maximum absolute atomic E-state index is 5.27. The number of halogens is 1. The van der Waals surface area contributed by atoms with Crippen LogP contribution in [0.5, 0.6) is 0 Å². The van der Waals surface area contributed by atoms with Crippen molar-refractivity contribution in [3.05, 3.63) is 36.4 Å². The van der Waals surface area contributed by atoms with Crippen molar-refractivity contribution in [1.82, 2.24) is 40.6 Å². The summed E-state index contributed by atoms with van der Waals surface area (Å²) >= 11 is 0. The van der Waals surface area contributed by atoms with Crippen molar-refractivity contribution in [2.75, 3.05) is 13.6 Å². The first-order valence-electron chi connectivity index (χ1n) is 8.06. The van der Waals surface area contributed by atoms with Crippen LogP contribution in [0.15, 0.2) is 34.1 Å². The first-order valence-corrected chi connectivity index (χ1v) is 8.06. The lowest BCUT2D eigenvalue weighted by atomic mass is 10.4. The van der Waals surface area contributed by atoms with Gasteiger partial charge in [-0.3, -0.25) is 10.1 Å². The van der Waals surface area contributed by atoms with E-state index in [1.54, 1.807) is 25.7 Å². The first-order chi connectivity index (χ1) is 12.3. The molecule has 0 atom stereocenters.